The van der Waals surface area contributed by atoms with Crippen molar-refractivity contribution in [3.05, 3.63) is 14.7 Å². The van der Waals surface area contributed by atoms with E-state index < -0.39 is 10.0 Å². The van der Waals surface area contributed by atoms with Crippen LogP contribution in [0.4, 0.5) is 0 Å². The minimum absolute atomic E-state index is 0.0419. The Labute approximate surface area is 121 Å². The molecule has 0 spiro atoms. The molecule has 0 aliphatic carbocycles. The average Bonchev–Trinajstić information content (AvgIpc) is 2.51. The fourth-order valence-corrected chi connectivity index (χ4v) is 5.38. The van der Waals surface area contributed by atoms with Crippen molar-refractivity contribution in [2.45, 2.75) is 30.2 Å². The van der Waals surface area contributed by atoms with E-state index in [4.69, 9.17) is 23.2 Å². The predicted molar refractivity (Wildman–Crippen MR) is 75.2 cm³/mol. The second-order valence-electron chi connectivity index (χ2n) is 4.19. The highest BCUT2D eigenvalue weighted by atomic mass is 35.5. The number of halogens is 2. The molecule has 1 aromatic rings. The summed E-state index contributed by atoms with van der Waals surface area (Å²) in [6.07, 6.45) is 2.59. The van der Waals surface area contributed by atoms with E-state index in [1.807, 2.05) is 0 Å². The SMILES string of the molecule is O=S(=O)(NC1CCCNCC1)c1cc(Cl)sc1Cl. The lowest BCUT2D eigenvalue weighted by Crippen LogP contribution is -2.35. The second-order valence-corrected chi connectivity index (χ2v) is 8.16. The number of hydrogen-bond donors (Lipinski definition) is 2. The van der Waals surface area contributed by atoms with E-state index in [0.717, 1.165) is 43.7 Å². The van der Waals surface area contributed by atoms with Gasteiger partial charge < -0.3 is 5.32 Å². The average molecular weight is 329 g/mol. The molecule has 8 heteroatoms. The molecule has 2 heterocycles. The van der Waals surface area contributed by atoms with Crippen LogP contribution >= 0.6 is 34.5 Å². The summed E-state index contributed by atoms with van der Waals surface area (Å²) in [5.41, 5.74) is 0. The monoisotopic (exact) mass is 328 g/mol. The van der Waals surface area contributed by atoms with Crippen LogP contribution in [-0.2, 0) is 10.0 Å². The molecule has 0 amide bonds. The Bertz CT molecular complexity index is 508. The van der Waals surface area contributed by atoms with Gasteiger partial charge in [0, 0.05) is 6.04 Å². The molecule has 4 nitrogen and oxygen atoms in total. The Morgan fingerprint density at radius 1 is 1.33 bits per heavy atom. The van der Waals surface area contributed by atoms with Crippen molar-refractivity contribution in [1.82, 2.24) is 10.0 Å². The zero-order chi connectivity index (χ0) is 13.2. The molecule has 1 atom stereocenters. The van der Waals surface area contributed by atoms with Gasteiger partial charge in [-0.3, -0.25) is 0 Å². The van der Waals surface area contributed by atoms with Gasteiger partial charge in [-0.1, -0.05) is 23.2 Å². The number of rotatable bonds is 3. The number of thiophene rings is 1. The van der Waals surface area contributed by atoms with Crippen molar-refractivity contribution in [2.24, 2.45) is 0 Å². The topological polar surface area (TPSA) is 58.2 Å². The molecule has 2 N–H and O–H groups in total. The van der Waals surface area contributed by atoms with Crippen LogP contribution in [-0.4, -0.2) is 27.5 Å². The van der Waals surface area contributed by atoms with Crippen LogP contribution in [0, 0.1) is 0 Å². The minimum Gasteiger partial charge on any atom is -0.317 e. The fourth-order valence-electron chi connectivity index (χ4n) is 1.93. The number of nitrogens with one attached hydrogen (secondary N) is 2. The van der Waals surface area contributed by atoms with Crippen molar-refractivity contribution >= 4 is 44.6 Å². The summed E-state index contributed by atoms with van der Waals surface area (Å²) in [4.78, 5) is 0.0800. The number of hydrogen-bond acceptors (Lipinski definition) is 4. The predicted octanol–water partition coefficient (Wildman–Crippen LogP) is 2.48. The van der Waals surface area contributed by atoms with Gasteiger partial charge in [-0.25, -0.2) is 13.1 Å². The van der Waals surface area contributed by atoms with Gasteiger partial charge in [-0.2, -0.15) is 0 Å². The standard InChI is InChI=1S/C10H14Cl2N2O2S2/c11-9-6-8(10(12)17-9)18(15,16)14-7-2-1-4-13-5-3-7/h6-7,13-14H,1-5H2. The van der Waals surface area contributed by atoms with Crippen molar-refractivity contribution < 1.29 is 8.42 Å². The molecule has 1 aromatic heterocycles. The first-order chi connectivity index (χ1) is 8.49. The van der Waals surface area contributed by atoms with E-state index in [9.17, 15) is 8.42 Å². The van der Waals surface area contributed by atoms with E-state index in [2.05, 4.69) is 10.0 Å². The Balaban J connectivity index is 2.13. The Morgan fingerprint density at radius 3 is 2.78 bits per heavy atom. The van der Waals surface area contributed by atoms with E-state index in [0.29, 0.717) is 4.34 Å². The molecule has 1 aliphatic heterocycles. The van der Waals surface area contributed by atoms with Crippen LogP contribution in [0.1, 0.15) is 19.3 Å². The first-order valence-corrected chi connectivity index (χ1v) is 8.72. The van der Waals surface area contributed by atoms with Crippen LogP contribution in [0.15, 0.2) is 11.0 Å². The molecule has 1 unspecified atom stereocenters. The molecule has 18 heavy (non-hydrogen) atoms. The number of sulfonamides is 1. The lowest BCUT2D eigenvalue weighted by atomic mass is 10.1. The van der Waals surface area contributed by atoms with Gasteiger partial charge in [0.25, 0.3) is 0 Å². The summed E-state index contributed by atoms with van der Waals surface area (Å²) in [6, 6.07) is 1.35. The van der Waals surface area contributed by atoms with Crippen molar-refractivity contribution in [3.8, 4) is 0 Å². The van der Waals surface area contributed by atoms with E-state index >= 15 is 0 Å². The van der Waals surface area contributed by atoms with E-state index in [1.165, 1.54) is 6.07 Å². The minimum atomic E-state index is -3.57. The molecule has 0 aromatic carbocycles. The lowest BCUT2D eigenvalue weighted by molar-refractivity contribution is 0.518. The van der Waals surface area contributed by atoms with Gasteiger partial charge in [0.05, 0.1) is 4.34 Å². The molecule has 0 saturated carbocycles. The maximum atomic E-state index is 12.2. The van der Waals surface area contributed by atoms with Crippen LogP contribution < -0.4 is 10.0 Å². The summed E-state index contributed by atoms with van der Waals surface area (Å²) in [5, 5.41) is 3.24. The molecule has 1 saturated heterocycles. The normalized spacial score (nSPS) is 21.8. The van der Waals surface area contributed by atoms with Crippen LogP contribution in [0.2, 0.25) is 8.67 Å². The molecule has 0 bridgehead atoms. The summed E-state index contributed by atoms with van der Waals surface area (Å²) in [5.74, 6) is 0. The highest BCUT2D eigenvalue weighted by Gasteiger charge is 2.24. The summed E-state index contributed by atoms with van der Waals surface area (Å²) in [6.45, 7) is 1.76. The first-order valence-electron chi connectivity index (χ1n) is 5.67. The highest BCUT2D eigenvalue weighted by Crippen LogP contribution is 2.34. The first kappa shape index (κ1) is 14.6. The molecular weight excluding hydrogens is 315 g/mol. The molecule has 2 rings (SSSR count). The zero-order valence-electron chi connectivity index (χ0n) is 9.58. The molecule has 102 valence electrons. The Hall–Kier alpha value is 0.150. The van der Waals surface area contributed by atoms with E-state index in [-0.39, 0.29) is 15.3 Å². The van der Waals surface area contributed by atoms with Gasteiger partial charge in [-0.05, 0) is 38.4 Å². The van der Waals surface area contributed by atoms with Crippen LogP contribution in [0.3, 0.4) is 0 Å². The highest BCUT2D eigenvalue weighted by molar-refractivity contribution is 7.89. The molecular formula is C10H14Cl2N2O2S2. The second kappa shape index (κ2) is 6.07. The Kier molecular flexibility index (Phi) is 4.91. The quantitative estimate of drug-likeness (QED) is 0.896. The maximum absolute atomic E-state index is 12.2. The van der Waals surface area contributed by atoms with Crippen molar-refractivity contribution in [2.75, 3.05) is 13.1 Å². The van der Waals surface area contributed by atoms with Crippen LogP contribution in [0.5, 0.6) is 0 Å². The lowest BCUT2D eigenvalue weighted by Gasteiger charge is -2.15. The molecule has 1 fully saturated rings. The summed E-state index contributed by atoms with van der Waals surface area (Å²) < 4.78 is 27.6. The van der Waals surface area contributed by atoms with Crippen molar-refractivity contribution in [1.29, 1.82) is 0 Å². The fraction of sp³-hybridized carbons (Fsp3) is 0.600. The maximum Gasteiger partial charge on any atom is 0.243 e. The third kappa shape index (κ3) is 3.59. The van der Waals surface area contributed by atoms with Gasteiger partial charge >= 0.3 is 0 Å². The van der Waals surface area contributed by atoms with E-state index in [1.54, 1.807) is 0 Å². The van der Waals surface area contributed by atoms with Crippen molar-refractivity contribution in [3.63, 3.8) is 0 Å². The summed E-state index contributed by atoms with van der Waals surface area (Å²) in [7, 11) is -3.57. The smallest absolute Gasteiger partial charge is 0.243 e. The summed E-state index contributed by atoms with van der Waals surface area (Å²) >= 11 is 12.7. The third-order valence-electron chi connectivity index (χ3n) is 2.81. The third-order valence-corrected chi connectivity index (χ3v) is 6.09. The van der Waals surface area contributed by atoms with Gasteiger partial charge in [-0.15, -0.1) is 11.3 Å². The van der Waals surface area contributed by atoms with Gasteiger partial charge in [0.2, 0.25) is 10.0 Å². The Morgan fingerprint density at radius 2 is 2.11 bits per heavy atom. The largest absolute Gasteiger partial charge is 0.317 e. The van der Waals surface area contributed by atoms with Gasteiger partial charge in [0.1, 0.15) is 9.23 Å². The molecule has 1 aliphatic rings. The molecule has 0 radical (unpaired) electrons. The zero-order valence-corrected chi connectivity index (χ0v) is 12.7. The van der Waals surface area contributed by atoms with Crippen LogP contribution in [0.25, 0.3) is 0 Å². The van der Waals surface area contributed by atoms with Gasteiger partial charge in [0.15, 0.2) is 0 Å².